The fourth-order valence-corrected chi connectivity index (χ4v) is 2.24. The van der Waals surface area contributed by atoms with Crippen molar-refractivity contribution in [2.24, 2.45) is 17.3 Å². The second-order valence-electron chi connectivity index (χ2n) is 4.85. The lowest BCUT2D eigenvalue weighted by Gasteiger charge is -2.04. The predicted octanol–water partition coefficient (Wildman–Crippen LogP) is 1.38. The van der Waals surface area contributed by atoms with E-state index in [4.69, 9.17) is 5.11 Å². The van der Waals surface area contributed by atoms with E-state index < -0.39 is 23.2 Å². The van der Waals surface area contributed by atoms with E-state index >= 15 is 0 Å². The fraction of sp³-hybridized carbons (Fsp3) is 0.417. The minimum Gasteiger partial charge on any atom is -0.481 e. The molecule has 1 amide bonds. The van der Waals surface area contributed by atoms with Crippen LogP contribution in [0.25, 0.3) is 0 Å². The van der Waals surface area contributed by atoms with Crippen molar-refractivity contribution < 1.29 is 14.7 Å². The first-order valence-electron chi connectivity index (χ1n) is 5.38. The van der Waals surface area contributed by atoms with E-state index in [-0.39, 0.29) is 5.91 Å². The average Bonchev–Trinajstić information content (AvgIpc) is 2.83. The van der Waals surface area contributed by atoms with E-state index in [1.165, 1.54) is 6.20 Å². The number of carboxylic acid groups (broad SMARTS) is 1. The van der Waals surface area contributed by atoms with Crippen LogP contribution >= 0.6 is 0 Å². The maximum absolute atomic E-state index is 11.9. The molecule has 0 aromatic carbocycles. The van der Waals surface area contributed by atoms with Gasteiger partial charge in [0.2, 0.25) is 5.91 Å². The summed E-state index contributed by atoms with van der Waals surface area (Å²) in [5.41, 5.74) is 0.113. The molecule has 1 aromatic heterocycles. The van der Waals surface area contributed by atoms with Crippen LogP contribution in [0.2, 0.25) is 0 Å². The lowest BCUT2D eigenvalue weighted by atomic mass is 10.1. The zero-order chi connectivity index (χ0) is 12.6. The summed E-state index contributed by atoms with van der Waals surface area (Å²) in [5.74, 6) is -2.24. The van der Waals surface area contributed by atoms with Gasteiger partial charge in [-0.05, 0) is 17.5 Å². The molecule has 1 heterocycles. The maximum Gasteiger partial charge on any atom is 0.307 e. The van der Waals surface area contributed by atoms with Crippen LogP contribution in [0.5, 0.6) is 0 Å². The van der Waals surface area contributed by atoms with E-state index in [9.17, 15) is 9.59 Å². The van der Waals surface area contributed by atoms with Crippen molar-refractivity contribution in [3.05, 3.63) is 24.5 Å². The zero-order valence-electron chi connectivity index (χ0n) is 9.68. The van der Waals surface area contributed by atoms with E-state index in [0.29, 0.717) is 5.69 Å². The van der Waals surface area contributed by atoms with Crippen LogP contribution in [0.1, 0.15) is 13.8 Å². The highest BCUT2D eigenvalue weighted by molar-refractivity contribution is 5.99. The van der Waals surface area contributed by atoms with E-state index in [1.54, 1.807) is 32.2 Å². The van der Waals surface area contributed by atoms with E-state index in [0.717, 1.165) is 0 Å². The van der Waals surface area contributed by atoms with Gasteiger partial charge in [-0.25, -0.2) is 0 Å². The van der Waals surface area contributed by atoms with Gasteiger partial charge in [-0.2, -0.15) is 0 Å². The Hall–Kier alpha value is -1.91. The number of carboxylic acids is 1. The third-order valence-corrected chi connectivity index (χ3v) is 3.30. The van der Waals surface area contributed by atoms with Crippen LogP contribution in [-0.2, 0) is 9.59 Å². The van der Waals surface area contributed by atoms with Crippen LogP contribution in [0.15, 0.2) is 24.5 Å². The smallest absolute Gasteiger partial charge is 0.307 e. The second kappa shape index (κ2) is 3.84. The Morgan fingerprint density at radius 2 is 2.12 bits per heavy atom. The quantitative estimate of drug-likeness (QED) is 0.828. The number of aliphatic carboxylic acids is 1. The molecule has 0 saturated heterocycles. The Morgan fingerprint density at radius 3 is 2.59 bits per heavy atom. The molecule has 2 N–H and O–H groups in total. The molecule has 0 spiro atoms. The van der Waals surface area contributed by atoms with Crippen LogP contribution in [0.3, 0.4) is 0 Å². The van der Waals surface area contributed by atoms with Crippen LogP contribution < -0.4 is 5.32 Å². The molecule has 0 bridgehead atoms. The van der Waals surface area contributed by atoms with Crippen molar-refractivity contribution in [1.29, 1.82) is 0 Å². The molecule has 1 aliphatic carbocycles. The minimum absolute atomic E-state index is 0.254. The van der Waals surface area contributed by atoms with E-state index in [1.807, 2.05) is 0 Å². The lowest BCUT2D eigenvalue weighted by molar-refractivity contribution is -0.140. The summed E-state index contributed by atoms with van der Waals surface area (Å²) in [6.07, 6.45) is 3.14. The van der Waals surface area contributed by atoms with E-state index in [2.05, 4.69) is 10.3 Å². The highest BCUT2D eigenvalue weighted by Gasteiger charge is 2.65. The third-order valence-electron chi connectivity index (χ3n) is 3.30. The van der Waals surface area contributed by atoms with Crippen LogP contribution in [0, 0.1) is 17.3 Å². The number of carbonyl (C=O) groups is 2. The molecule has 0 radical (unpaired) electrons. The van der Waals surface area contributed by atoms with Crippen molar-refractivity contribution in [2.75, 3.05) is 5.32 Å². The molecule has 1 aromatic rings. The van der Waals surface area contributed by atoms with Gasteiger partial charge in [0.25, 0.3) is 0 Å². The number of amides is 1. The molecule has 90 valence electrons. The molecule has 0 unspecified atom stereocenters. The molecule has 17 heavy (non-hydrogen) atoms. The molecule has 5 nitrogen and oxygen atoms in total. The Kier molecular flexibility index (Phi) is 2.61. The molecule has 2 atom stereocenters. The average molecular weight is 234 g/mol. The number of carbonyl (C=O) groups excluding carboxylic acids is 1. The summed E-state index contributed by atoms with van der Waals surface area (Å²) in [5, 5.41) is 11.7. The van der Waals surface area contributed by atoms with Crippen molar-refractivity contribution in [1.82, 2.24) is 4.98 Å². The predicted molar refractivity (Wildman–Crippen MR) is 61.3 cm³/mol. The van der Waals surface area contributed by atoms with Gasteiger partial charge in [0.1, 0.15) is 0 Å². The summed E-state index contributed by atoms with van der Waals surface area (Å²) in [7, 11) is 0. The Morgan fingerprint density at radius 1 is 1.41 bits per heavy atom. The second-order valence-corrected chi connectivity index (χ2v) is 4.85. The highest BCUT2D eigenvalue weighted by atomic mass is 16.4. The first-order chi connectivity index (χ1) is 7.94. The summed E-state index contributed by atoms with van der Waals surface area (Å²) in [6, 6.07) is 3.43. The van der Waals surface area contributed by atoms with Crippen molar-refractivity contribution in [3.63, 3.8) is 0 Å². The Bertz CT molecular complexity index is 456. The molecule has 1 saturated carbocycles. The standard InChI is InChI=1S/C12H14N2O3/c1-12(2)8(9(12)11(16)17)10(15)14-7-4-3-5-13-6-7/h3-6,8-9H,1-2H3,(H,14,15)(H,16,17)/t8-,9+/m1/s1. The van der Waals surface area contributed by atoms with Crippen LogP contribution in [-0.4, -0.2) is 22.0 Å². The van der Waals surface area contributed by atoms with Gasteiger partial charge >= 0.3 is 5.97 Å². The number of nitrogens with one attached hydrogen (secondary N) is 1. The van der Waals surface area contributed by atoms with Gasteiger partial charge in [-0.15, -0.1) is 0 Å². The first-order valence-corrected chi connectivity index (χ1v) is 5.38. The van der Waals surface area contributed by atoms with Gasteiger partial charge in [-0.1, -0.05) is 13.8 Å². The SMILES string of the molecule is CC1(C)[C@H](C(=O)O)[C@@H]1C(=O)Nc1cccnc1. The summed E-state index contributed by atoms with van der Waals surface area (Å²) in [4.78, 5) is 26.7. The summed E-state index contributed by atoms with van der Waals surface area (Å²) < 4.78 is 0. The van der Waals surface area contributed by atoms with Crippen molar-refractivity contribution in [2.45, 2.75) is 13.8 Å². The highest BCUT2D eigenvalue weighted by Crippen LogP contribution is 2.58. The number of anilines is 1. The number of aromatic nitrogens is 1. The number of nitrogens with zero attached hydrogens (tertiary/aromatic N) is 1. The molecule has 5 heteroatoms. The molecule has 2 rings (SSSR count). The van der Waals surface area contributed by atoms with Crippen molar-refractivity contribution in [3.8, 4) is 0 Å². The Balaban J connectivity index is 2.06. The number of pyridine rings is 1. The maximum atomic E-state index is 11.9. The first kappa shape index (κ1) is 11.6. The van der Waals surface area contributed by atoms with Gasteiger partial charge in [0.15, 0.2) is 0 Å². The number of rotatable bonds is 3. The summed E-state index contributed by atoms with van der Waals surface area (Å²) >= 11 is 0. The normalized spacial score (nSPS) is 25.1. The lowest BCUT2D eigenvalue weighted by Crippen LogP contribution is -2.17. The van der Waals surface area contributed by atoms with Gasteiger partial charge < -0.3 is 10.4 Å². The fourth-order valence-electron chi connectivity index (χ4n) is 2.24. The van der Waals surface area contributed by atoms with Gasteiger partial charge in [0.05, 0.1) is 23.7 Å². The number of hydrogen-bond donors (Lipinski definition) is 2. The largest absolute Gasteiger partial charge is 0.481 e. The van der Waals surface area contributed by atoms with Crippen LogP contribution in [0.4, 0.5) is 5.69 Å². The number of hydrogen-bond acceptors (Lipinski definition) is 3. The molecular formula is C12H14N2O3. The molecular weight excluding hydrogens is 220 g/mol. The van der Waals surface area contributed by atoms with Gasteiger partial charge in [-0.3, -0.25) is 14.6 Å². The molecule has 1 aliphatic rings. The van der Waals surface area contributed by atoms with Crippen molar-refractivity contribution >= 4 is 17.6 Å². The summed E-state index contributed by atoms with van der Waals surface area (Å²) in [6.45, 7) is 3.58. The molecule has 0 aliphatic heterocycles. The van der Waals surface area contributed by atoms with Gasteiger partial charge in [0, 0.05) is 6.20 Å². The molecule has 1 fully saturated rings. The monoisotopic (exact) mass is 234 g/mol. The topological polar surface area (TPSA) is 79.3 Å². The third kappa shape index (κ3) is 2.00. The zero-order valence-corrected chi connectivity index (χ0v) is 9.68. The minimum atomic E-state index is -0.915. The Labute approximate surface area is 98.9 Å².